The summed E-state index contributed by atoms with van der Waals surface area (Å²) in [5.41, 5.74) is 1.60. The Balaban J connectivity index is 2.13. The SMILES string of the molecule is CCCCOC(C)C(=O)Nc1cc(C)nn1-c1cccc(Cl)c1. The monoisotopic (exact) mass is 335 g/mol. The number of carbonyl (C=O) groups is 1. The molecule has 1 heterocycles. The second-order valence-corrected chi connectivity index (χ2v) is 5.85. The Morgan fingerprint density at radius 3 is 2.91 bits per heavy atom. The smallest absolute Gasteiger partial charge is 0.254 e. The molecular weight excluding hydrogens is 314 g/mol. The molecule has 1 aromatic carbocycles. The van der Waals surface area contributed by atoms with Crippen LogP contribution in [0.25, 0.3) is 5.69 Å². The van der Waals surface area contributed by atoms with Crippen LogP contribution in [-0.4, -0.2) is 28.4 Å². The van der Waals surface area contributed by atoms with Crippen LogP contribution in [0.5, 0.6) is 0 Å². The maximum atomic E-state index is 12.3. The number of carbonyl (C=O) groups excluding carboxylic acids is 1. The highest BCUT2D eigenvalue weighted by atomic mass is 35.5. The van der Waals surface area contributed by atoms with Crippen LogP contribution in [0, 0.1) is 6.92 Å². The number of aryl methyl sites for hydroxylation is 1. The van der Waals surface area contributed by atoms with Crippen LogP contribution in [0.4, 0.5) is 5.82 Å². The molecule has 1 aromatic heterocycles. The molecule has 0 aliphatic rings. The molecule has 124 valence electrons. The molecule has 1 N–H and O–H groups in total. The predicted octanol–water partition coefficient (Wildman–Crippen LogP) is 3.98. The standard InChI is InChI=1S/C17H22ClN3O2/c1-4-5-9-23-13(3)17(22)19-16-10-12(2)20-21(16)15-8-6-7-14(18)11-15/h6-8,10-11,13H,4-5,9H2,1-3H3,(H,19,22). The van der Waals surface area contributed by atoms with E-state index in [1.807, 2.05) is 25.1 Å². The minimum Gasteiger partial charge on any atom is -0.369 e. The van der Waals surface area contributed by atoms with Crippen molar-refractivity contribution in [1.29, 1.82) is 0 Å². The molecule has 2 aromatic rings. The normalized spacial score (nSPS) is 12.2. The number of nitrogens with zero attached hydrogens (tertiary/aromatic N) is 2. The van der Waals surface area contributed by atoms with Gasteiger partial charge in [-0.3, -0.25) is 4.79 Å². The molecule has 0 saturated carbocycles. The van der Waals surface area contributed by atoms with Crippen molar-refractivity contribution >= 4 is 23.3 Å². The second kappa shape index (κ2) is 8.13. The van der Waals surface area contributed by atoms with Crippen LogP contribution < -0.4 is 5.32 Å². The summed E-state index contributed by atoms with van der Waals surface area (Å²) < 4.78 is 7.19. The fourth-order valence-corrected chi connectivity index (χ4v) is 2.29. The third-order valence-electron chi connectivity index (χ3n) is 3.37. The third-order valence-corrected chi connectivity index (χ3v) is 3.61. The van der Waals surface area contributed by atoms with Crippen LogP contribution in [0.3, 0.4) is 0 Å². The number of rotatable bonds is 7. The van der Waals surface area contributed by atoms with E-state index in [1.54, 1.807) is 23.7 Å². The second-order valence-electron chi connectivity index (χ2n) is 5.42. The molecule has 2 rings (SSSR count). The summed E-state index contributed by atoms with van der Waals surface area (Å²) >= 11 is 6.03. The molecule has 1 unspecified atom stereocenters. The van der Waals surface area contributed by atoms with Crippen LogP contribution in [0.15, 0.2) is 30.3 Å². The summed E-state index contributed by atoms with van der Waals surface area (Å²) in [6.45, 7) is 6.29. The first-order chi connectivity index (χ1) is 11.0. The lowest BCUT2D eigenvalue weighted by Crippen LogP contribution is -2.29. The zero-order valence-corrected chi connectivity index (χ0v) is 14.4. The van der Waals surface area contributed by atoms with Crippen molar-refractivity contribution in [3.63, 3.8) is 0 Å². The van der Waals surface area contributed by atoms with Crippen molar-refractivity contribution in [3.8, 4) is 5.69 Å². The van der Waals surface area contributed by atoms with E-state index in [9.17, 15) is 4.79 Å². The molecule has 5 nitrogen and oxygen atoms in total. The van der Waals surface area contributed by atoms with Crippen molar-refractivity contribution in [1.82, 2.24) is 9.78 Å². The number of halogens is 1. The number of hydrogen-bond donors (Lipinski definition) is 1. The molecule has 1 atom stereocenters. The number of amides is 1. The van der Waals surface area contributed by atoms with Gasteiger partial charge in [-0.1, -0.05) is 31.0 Å². The van der Waals surface area contributed by atoms with Gasteiger partial charge in [-0.25, -0.2) is 4.68 Å². The van der Waals surface area contributed by atoms with Crippen molar-refractivity contribution in [2.45, 2.75) is 39.7 Å². The Labute approximate surface area is 141 Å². The lowest BCUT2D eigenvalue weighted by molar-refractivity contribution is -0.126. The molecule has 0 bridgehead atoms. The summed E-state index contributed by atoms with van der Waals surface area (Å²) in [6, 6.07) is 9.14. The van der Waals surface area contributed by atoms with Gasteiger partial charge < -0.3 is 10.1 Å². The Bertz CT molecular complexity index is 670. The van der Waals surface area contributed by atoms with Gasteiger partial charge in [0.05, 0.1) is 11.4 Å². The molecular formula is C17H22ClN3O2. The van der Waals surface area contributed by atoms with Crippen LogP contribution in [0.2, 0.25) is 5.02 Å². The van der Waals surface area contributed by atoms with Gasteiger partial charge in [0.25, 0.3) is 5.91 Å². The first kappa shape index (κ1) is 17.5. The molecule has 0 spiro atoms. The van der Waals surface area contributed by atoms with Gasteiger partial charge in [0.1, 0.15) is 11.9 Å². The Morgan fingerprint density at radius 1 is 1.43 bits per heavy atom. The molecule has 0 aliphatic heterocycles. The fourth-order valence-electron chi connectivity index (χ4n) is 2.10. The lowest BCUT2D eigenvalue weighted by atomic mass is 10.3. The van der Waals surface area contributed by atoms with E-state index in [1.165, 1.54) is 0 Å². The number of anilines is 1. The van der Waals surface area contributed by atoms with Crippen LogP contribution >= 0.6 is 11.6 Å². The summed E-state index contributed by atoms with van der Waals surface area (Å²) in [6.07, 6.45) is 1.47. The zero-order chi connectivity index (χ0) is 16.8. The maximum absolute atomic E-state index is 12.3. The molecule has 23 heavy (non-hydrogen) atoms. The average Bonchev–Trinajstić information content (AvgIpc) is 2.88. The molecule has 0 fully saturated rings. The van der Waals surface area contributed by atoms with Gasteiger partial charge in [-0.2, -0.15) is 5.10 Å². The van der Waals surface area contributed by atoms with E-state index in [2.05, 4.69) is 17.3 Å². The number of aromatic nitrogens is 2. The summed E-state index contributed by atoms with van der Waals surface area (Å²) in [5, 5.41) is 7.90. The van der Waals surface area contributed by atoms with Gasteiger partial charge in [0.15, 0.2) is 0 Å². The summed E-state index contributed by atoms with van der Waals surface area (Å²) in [5.74, 6) is 0.407. The van der Waals surface area contributed by atoms with Crippen LogP contribution in [-0.2, 0) is 9.53 Å². The van der Waals surface area contributed by atoms with Crippen molar-refractivity contribution in [2.24, 2.45) is 0 Å². The van der Waals surface area contributed by atoms with Gasteiger partial charge in [-0.15, -0.1) is 0 Å². The molecule has 0 saturated heterocycles. The quantitative estimate of drug-likeness (QED) is 0.779. The van der Waals surface area contributed by atoms with Crippen molar-refractivity contribution in [2.75, 3.05) is 11.9 Å². The average molecular weight is 336 g/mol. The topological polar surface area (TPSA) is 56.1 Å². The van der Waals surface area contributed by atoms with Gasteiger partial charge >= 0.3 is 0 Å². The Hall–Kier alpha value is -1.85. The lowest BCUT2D eigenvalue weighted by Gasteiger charge is -2.14. The van der Waals surface area contributed by atoms with E-state index in [4.69, 9.17) is 16.3 Å². The van der Waals surface area contributed by atoms with Crippen molar-refractivity contribution < 1.29 is 9.53 Å². The number of unbranched alkanes of at least 4 members (excludes halogenated alkanes) is 1. The van der Waals surface area contributed by atoms with Crippen molar-refractivity contribution in [3.05, 3.63) is 41.0 Å². The molecule has 1 amide bonds. The van der Waals surface area contributed by atoms with Gasteiger partial charge in [-0.05, 0) is 38.5 Å². The molecule has 0 radical (unpaired) electrons. The first-order valence-electron chi connectivity index (χ1n) is 7.76. The van der Waals surface area contributed by atoms with Crippen LogP contribution in [0.1, 0.15) is 32.4 Å². The first-order valence-corrected chi connectivity index (χ1v) is 8.14. The largest absolute Gasteiger partial charge is 0.369 e. The Kier molecular flexibility index (Phi) is 6.19. The maximum Gasteiger partial charge on any atom is 0.254 e. The number of benzene rings is 1. The highest BCUT2D eigenvalue weighted by Gasteiger charge is 2.16. The molecule has 6 heteroatoms. The predicted molar refractivity (Wildman–Crippen MR) is 92.3 cm³/mol. The zero-order valence-electron chi connectivity index (χ0n) is 13.7. The number of nitrogens with one attached hydrogen (secondary N) is 1. The van der Waals surface area contributed by atoms with E-state index < -0.39 is 6.10 Å². The van der Waals surface area contributed by atoms with E-state index in [0.29, 0.717) is 17.4 Å². The third kappa shape index (κ3) is 4.81. The summed E-state index contributed by atoms with van der Waals surface area (Å²) in [4.78, 5) is 12.3. The number of ether oxygens (including phenoxy) is 1. The van der Waals surface area contributed by atoms with E-state index in [-0.39, 0.29) is 5.91 Å². The van der Waals surface area contributed by atoms with E-state index in [0.717, 1.165) is 24.2 Å². The summed E-state index contributed by atoms with van der Waals surface area (Å²) in [7, 11) is 0. The highest BCUT2D eigenvalue weighted by molar-refractivity contribution is 6.30. The fraction of sp³-hybridized carbons (Fsp3) is 0.412. The minimum atomic E-state index is -0.510. The van der Waals surface area contributed by atoms with Gasteiger partial charge in [0, 0.05) is 17.7 Å². The minimum absolute atomic E-state index is 0.190. The number of hydrogen-bond acceptors (Lipinski definition) is 3. The Morgan fingerprint density at radius 2 is 2.22 bits per heavy atom. The highest BCUT2D eigenvalue weighted by Crippen LogP contribution is 2.20. The molecule has 0 aliphatic carbocycles. The van der Waals surface area contributed by atoms with E-state index >= 15 is 0 Å². The van der Waals surface area contributed by atoms with Gasteiger partial charge in [0.2, 0.25) is 0 Å².